The van der Waals surface area contributed by atoms with Crippen LogP contribution in [0.15, 0.2) is 36.0 Å². The van der Waals surface area contributed by atoms with Crippen molar-refractivity contribution in [2.45, 2.75) is 76.4 Å². The summed E-state index contributed by atoms with van der Waals surface area (Å²) >= 11 is 0.406. The molecule has 0 aliphatic heterocycles. The zero-order valence-corrected chi connectivity index (χ0v) is 22.1. The normalized spacial score (nSPS) is 46.9. The van der Waals surface area contributed by atoms with Crippen molar-refractivity contribution in [1.82, 2.24) is 0 Å². The molecular weight excluding hydrogens is 505 g/mol. The number of alkyl halides is 3. The molecule has 5 rings (SSSR count). The number of ether oxygens (including phenoxy) is 1. The molecule has 0 bridgehead atoms. The number of halogens is 3. The number of aliphatic hydroxyl groups excluding tert-OH is 1. The van der Waals surface area contributed by atoms with Gasteiger partial charge >= 0.3 is 5.97 Å². The molecule has 0 aromatic rings. The van der Waals surface area contributed by atoms with E-state index in [-0.39, 0.29) is 24.8 Å². The Morgan fingerprint density at radius 2 is 1.92 bits per heavy atom. The number of carbonyl (C=O) groups excluding carboxylic acids is 3. The molecule has 0 radical (unpaired) electrons. The Hall–Kier alpha value is -1.87. The van der Waals surface area contributed by atoms with Gasteiger partial charge in [-0.05, 0) is 74.4 Å². The first kappa shape index (κ1) is 26.7. The third-order valence-electron chi connectivity index (χ3n) is 10.3. The highest BCUT2D eigenvalue weighted by Crippen LogP contribution is 2.72. The molecular formula is C28H33F3O5S. The lowest BCUT2D eigenvalue weighted by Gasteiger charge is -2.63. The fraction of sp³-hybridized carbons (Fsp3) is 0.679. The van der Waals surface area contributed by atoms with Crippen LogP contribution in [0, 0.1) is 34.5 Å². The highest BCUT2D eigenvalue weighted by Gasteiger charge is 2.78. The summed E-state index contributed by atoms with van der Waals surface area (Å²) in [6.45, 7) is 8.76. The van der Waals surface area contributed by atoms with Gasteiger partial charge in [0.25, 0.3) is 0 Å². The number of esters is 1. The highest BCUT2D eigenvalue weighted by molar-refractivity contribution is 8.13. The molecule has 1 unspecified atom stereocenters. The third kappa shape index (κ3) is 3.31. The molecule has 0 heterocycles. The molecule has 37 heavy (non-hydrogen) atoms. The largest absolute Gasteiger partial charge is 0.449 e. The van der Waals surface area contributed by atoms with Gasteiger partial charge in [0.1, 0.15) is 12.2 Å². The van der Waals surface area contributed by atoms with Gasteiger partial charge in [0.05, 0.1) is 12.0 Å². The predicted octanol–water partition coefficient (Wildman–Crippen LogP) is 4.99. The second kappa shape index (κ2) is 8.57. The maximum atomic E-state index is 17.4. The number of carbonyl (C=O) groups is 3. The summed E-state index contributed by atoms with van der Waals surface area (Å²) in [5.74, 6) is -3.74. The van der Waals surface area contributed by atoms with Gasteiger partial charge in [-0.1, -0.05) is 32.1 Å². The Morgan fingerprint density at radius 3 is 2.54 bits per heavy atom. The molecule has 9 heteroatoms. The van der Waals surface area contributed by atoms with Gasteiger partial charge in [-0.15, -0.1) is 0 Å². The Morgan fingerprint density at radius 1 is 1.24 bits per heavy atom. The Labute approximate surface area is 219 Å². The Balaban J connectivity index is 1.60. The van der Waals surface area contributed by atoms with E-state index in [1.54, 1.807) is 13.8 Å². The van der Waals surface area contributed by atoms with Crippen LogP contribution in [-0.2, 0) is 19.1 Å². The minimum absolute atomic E-state index is 0.0133. The van der Waals surface area contributed by atoms with Gasteiger partial charge in [0.2, 0.25) is 5.12 Å². The van der Waals surface area contributed by atoms with E-state index in [1.165, 1.54) is 19.1 Å². The molecule has 0 aromatic carbocycles. The van der Waals surface area contributed by atoms with Crippen molar-refractivity contribution in [2.24, 2.45) is 34.5 Å². The quantitative estimate of drug-likeness (QED) is 0.402. The molecule has 0 saturated heterocycles. The van der Waals surface area contributed by atoms with E-state index in [0.717, 1.165) is 11.6 Å². The predicted molar refractivity (Wildman–Crippen MR) is 132 cm³/mol. The lowest BCUT2D eigenvalue weighted by molar-refractivity contribution is -0.230. The van der Waals surface area contributed by atoms with Crippen LogP contribution in [0.25, 0.3) is 0 Å². The van der Waals surface area contributed by atoms with Crippen molar-refractivity contribution in [3.05, 3.63) is 36.0 Å². The third-order valence-corrected chi connectivity index (χ3v) is 11.0. The lowest BCUT2D eigenvalue weighted by atomic mass is 9.44. The number of hydrogen-bond donors (Lipinski definition) is 1. The molecule has 1 N–H and O–H groups in total. The van der Waals surface area contributed by atoms with Gasteiger partial charge in [-0.25, -0.2) is 13.2 Å². The minimum Gasteiger partial charge on any atom is -0.449 e. The number of hydrogen-bond acceptors (Lipinski definition) is 6. The van der Waals surface area contributed by atoms with Crippen LogP contribution in [0.1, 0.15) is 52.9 Å². The Bertz CT molecular complexity index is 1130. The van der Waals surface area contributed by atoms with E-state index in [4.69, 9.17) is 4.74 Å². The van der Waals surface area contributed by atoms with Crippen molar-refractivity contribution in [3.8, 4) is 0 Å². The van der Waals surface area contributed by atoms with Crippen LogP contribution >= 0.6 is 11.8 Å². The highest BCUT2D eigenvalue weighted by atomic mass is 32.2. The second-order valence-electron chi connectivity index (χ2n) is 12.0. The van der Waals surface area contributed by atoms with Crippen molar-refractivity contribution in [1.29, 1.82) is 0 Å². The average Bonchev–Trinajstić information content (AvgIpc) is 3.02. The van der Waals surface area contributed by atoms with Crippen LogP contribution in [-0.4, -0.2) is 51.5 Å². The van der Waals surface area contributed by atoms with Crippen molar-refractivity contribution >= 4 is 28.6 Å². The fourth-order valence-corrected chi connectivity index (χ4v) is 9.21. The number of aliphatic hydroxyl groups is 1. The van der Waals surface area contributed by atoms with Crippen molar-refractivity contribution in [2.75, 3.05) is 6.01 Å². The second-order valence-corrected chi connectivity index (χ2v) is 12.9. The standard InChI is InChI=1S/C28H33F3O5S/c1-14-7-16(8-14)23(34)36-28(24(35)37-13-29)15(2)9-18-19-11-21(30)20-10-17(32)5-6-25(20,3)27(19,31)22(33)12-26(18,28)4/h5-6,10,15-16,18-19,21-22,33H,1,7-9,11-13H2,2-4H3/t15?,18-,19-,21-,22-,25-,26-,27-,28-/m0/s1. The van der Waals surface area contributed by atoms with Crippen LogP contribution in [0.5, 0.6) is 0 Å². The molecule has 5 aliphatic carbocycles. The first-order chi connectivity index (χ1) is 17.3. The number of thioether (sulfide) groups is 1. The number of allylic oxidation sites excluding steroid dienone is 5. The summed E-state index contributed by atoms with van der Waals surface area (Å²) in [5.41, 5.74) is -6.02. The van der Waals surface area contributed by atoms with Crippen LogP contribution < -0.4 is 0 Å². The monoisotopic (exact) mass is 538 g/mol. The van der Waals surface area contributed by atoms with Crippen LogP contribution in [0.4, 0.5) is 13.2 Å². The van der Waals surface area contributed by atoms with Gasteiger partial charge in [-0.3, -0.25) is 14.4 Å². The molecule has 202 valence electrons. The van der Waals surface area contributed by atoms with Crippen molar-refractivity contribution in [3.63, 3.8) is 0 Å². The zero-order valence-electron chi connectivity index (χ0n) is 21.3. The lowest BCUT2D eigenvalue weighted by Crippen LogP contribution is -2.70. The molecule has 4 fully saturated rings. The SMILES string of the molecule is C=C1CC(C(=O)O[C@]2(C(=O)SCF)C(C)C[C@H]3[C@@H]4C[C@H](F)C5=CC(=O)C=C[C@]5(C)[C@@]4(F)[C@@H](O)C[C@@]32C)C1. The molecule has 5 nitrogen and oxygen atoms in total. The van der Waals surface area contributed by atoms with Gasteiger partial charge in [-0.2, -0.15) is 0 Å². The molecule has 9 atom stereocenters. The van der Waals surface area contributed by atoms with Gasteiger partial charge < -0.3 is 9.84 Å². The first-order valence-corrected chi connectivity index (χ1v) is 13.8. The summed E-state index contributed by atoms with van der Waals surface area (Å²) in [4.78, 5) is 38.8. The van der Waals surface area contributed by atoms with Gasteiger partial charge in [0, 0.05) is 22.7 Å². The van der Waals surface area contributed by atoms with E-state index in [9.17, 15) is 23.9 Å². The van der Waals surface area contributed by atoms with E-state index < -0.39 is 80.9 Å². The summed E-state index contributed by atoms with van der Waals surface area (Å²) < 4.78 is 52.6. The molecule has 0 spiro atoms. The van der Waals surface area contributed by atoms with E-state index in [1.807, 2.05) is 0 Å². The topological polar surface area (TPSA) is 80.7 Å². The van der Waals surface area contributed by atoms with Crippen LogP contribution in [0.2, 0.25) is 0 Å². The van der Waals surface area contributed by atoms with E-state index >= 15 is 8.78 Å². The molecule has 5 aliphatic rings. The first-order valence-electron chi connectivity index (χ1n) is 12.8. The summed E-state index contributed by atoms with van der Waals surface area (Å²) in [5, 5.41) is 10.8. The minimum atomic E-state index is -2.31. The zero-order chi connectivity index (χ0) is 27.1. The Kier molecular flexibility index (Phi) is 6.19. The maximum absolute atomic E-state index is 17.4. The molecule has 0 aromatic heterocycles. The number of fused-ring (bicyclic) bond motifs is 5. The average molecular weight is 539 g/mol. The molecule has 4 saturated carbocycles. The smallest absolute Gasteiger partial charge is 0.310 e. The summed E-state index contributed by atoms with van der Waals surface area (Å²) in [7, 11) is 0. The maximum Gasteiger partial charge on any atom is 0.310 e. The molecule has 0 amide bonds. The van der Waals surface area contributed by atoms with Crippen molar-refractivity contribution < 1.29 is 37.4 Å². The number of rotatable bonds is 4. The summed E-state index contributed by atoms with van der Waals surface area (Å²) in [6, 6.07) is -1.03. The van der Waals surface area contributed by atoms with E-state index in [2.05, 4.69) is 6.58 Å². The van der Waals surface area contributed by atoms with Gasteiger partial charge in [0.15, 0.2) is 17.1 Å². The summed E-state index contributed by atoms with van der Waals surface area (Å²) in [6.07, 6.45) is 1.03. The number of ketones is 1. The van der Waals surface area contributed by atoms with Crippen LogP contribution in [0.3, 0.4) is 0 Å². The van der Waals surface area contributed by atoms with E-state index in [0.29, 0.717) is 24.6 Å². The fourth-order valence-electron chi connectivity index (χ4n) is 8.42.